The molecule has 0 atom stereocenters. The van der Waals surface area contributed by atoms with Gasteiger partial charge in [-0.25, -0.2) is 12.7 Å². The Hall–Kier alpha value is -0.920. The second-order valence-electron chi connectivity index (χ2n) is 4.73. The van der Waals surface area contributed by atoms with Gasteiger partial charge >= 0.3 is 0 Å². The molecule has 0 saturated heterocycles. The topological polar surface area (TPSA) is 49.4 Å². The predicted molar refractivity (Wildman–Crippen MR) is 87.2 cm³/mol. The summed E-state index contributed by atoms with van der Waals surface area (Å²) in [6.45, 7) is 1.15. The van der Waals surface area contributed by atoms with Crippen LogP contribution in [0.1, 0.15) is 10.4 Å². The van der Waals surface area contributed by atoms with Gasteiger partial charge in [-0.1, -0.05) is 29.8 Å². The molecule has 0 spiro atoms. The molecule has 7 heteroatoms. The van der Waals surface area contributed by atoms with Crippen LogP contribution < -0.4 is 5.32 Å². The van der Waals surface area contributed by atoms with Gasteiger partial charge in [0.15, 0.2) is 0 Å². The maximum absolute atomic E-state index is 12.3. The molecule has 0 aliphatic heterocycles. The monoisotopic (exact) mass is 344 g/mol. The number of rotatable bonds is 6. The number of nitrogens with one attached hydrogen (secondary N) is 1. The summed E-state index contributed by atoms with van der Waals surface area (Å²) < 4.78 is 25.8. The lowest BCUT2D eigenvalue weighted by molar-refractivity contribution is 0.518. The van der Waals surface area contributed by atoms with E-state index < -0.39 is 10.0 Å². The molecule has 21 heavy (non-hydrogen) atoms. The van der Waals surface area contributed by atoms with Gasteiger partial charge < -0.3 is 5.32 Å². The summed E-state index contributed by atoms with van der Waals surface area (Å²) in [4.78, 5) is 1.46. The molecule has 4 nitrogen and oxygen atoms in total. The Kier molecular flexibility index (Phi) is 5.40. The third-order valence-electron chi connectivity index (χ3n) is 2.97. The molecular formula is C14H17ClN2O2S2. The van der Waals surface area contributed by atoms with Crippen LogP contribution in [0.2, 0.25) is 5.02 Å². The number of halogens is 1. The maximum Gasteiger partial charge on any atom is 0.242 e. The van der Waals surface area contributed by atoms with Gasteiger partial charge in [-0.15, -0.1) is 11.3 Å². The number of thiophene rings is 1. The summed E-state index contributed by atoms with van der Waals surface area (Å²) in [5, 5.41) is 5.86. The van der Waals surface area contributed by atoms with E-state index in [1.54, 1.807) is 23.5 Å². The van der Waals surface area contributed by atoms with E-state index >= 15 is 0 Å². The predicted octanol–water partition coefficient (Wildman–Crippen LogP) is 2.94. The summed E-state index contributed by atoms with van der Waals surface area (Å²) in [7, 11) is -0.354. The maximum atomic E-state index is 12.3. The van der Waals surface area contributed by atoms with Crippen LogP contribution in [0, 0.1) is 0 Å². The molecule has 0 bridgehead atoms. The molecule has 2 rings (SSSR count). The Bertz CT molecular complexity index is 711. The van der Waals surface area contributed by atoms with Crippen LogP contribution in [0.15, 0.2) is 40.6 Å². The average Bonchev–Trinajstić information content (AvgIpc) is 2.85. The fraction of sp³-hybridized carbons (Fsp3) is 0.286. The Morgan fingerprint density at radius 2 is 1.95 bits per heavy atom. The Morgan fingerprint density at radius 3 is 2.57 bits per heavy atom. The van der Waals surface area contributed by atoms with Crippen LogP contribution in [-0.4, -0.2) is 26.8 Å². The molecule has 0 fully saturated rings. The van der Waals surface area contributed by atoms with Gasteiger partial charge in [-0.05, 0) is 17.7 Å². The van der Waals surface area contributed by atoms with Gasteiger partial charge in [-0.3, -0.25) is 0 Å². The highest BCUT2D eigenvalue weighted by Crippen LogP contribution is 2.20. The van der Waals surface area contributed by atoms with Gasteiger partial charge in [0.2, 0.25) is 10.0 Å². The Morgan fingerprint density at radius 1 is 1.24 bits per heavy atom. The highest BCUT2D eigenvalue weighted by molar-refractivity contribution is 7.89. The zero-order valence-corrected chi connectivity index (χ0v) is 14.2. The Labute approximate surface area is 134 Å². The van der Waals surface area contributed by atoms with E-state index in [9.17, 15) is 8.42 Å². The van der Waals surface area contributed by atoms with Crippen LogP contribution in [-0.2, 0) is 23.1 Å². The molecule has 0 aliphatic carbocycles. The van der Waals surface area contributed by atoms with E-state index in [2.05, 4.69) is 5.32 Å². The molecule has 1 heterocycles. The molecule has 1 aromatic heterocycles. The first-order valence-electron chi connectivity index (χ1n) is 6.35. The van der Waals surface area contributed by atoms with Crippen molar-refractivity contribution in [2.75, 3.05) is 14.1 Å². The number of benzene rings is 1. The molecule has 0 radical (unpaired) electrons. The zero-order chi connectivity index (χ0) is 15.5. The number of sulfonamides is 1. The first-order valence-corrected chi connectivity index (χ1v) is 9.05. The van der Waals surface area contributed by atoms with E-state index in [1.165, 1.54) is 18.4 Å². The van der Waals surface area contributed by atoms with Crippen LogP contribution in [0.25, 0.3) is 0 Å². The van der Waals surface area contributed by atoms with Crippen LogP contribution >= 0.6 is 22.9 Å². The van der Waals surface area contributed by atoms with Gasteiger partial charge in [0.1, 0.15) is 0 Å². The summed E-state index contributed by atoms with van der Waals surface area (Å²) >= 11 is 7.45. The molecule has 0 amide bonds. The zero-order valence-electron chi connectivity index (χ0n) is 11.8. The molecule has 0 saturated carbocycles. The quantitative estimate of drug-likeness (QED) is 0.876. The van der Waals surface area contributed by atoms with Crippen molar-refractivity contribution in [3.05, 3.63) is 51.2 Å². The van der Waals surface area contributed by atoms with E-state index in [1.807, 2.05) is 23.6 Å². The molecule has 114 valence electrons. The number of hydrogen-bond acceptors (Lipinski definition) is 4. The van der Waals surface area contributed by atoms with Crippen LogP contribution in [0.5, 0.6) is 0 Å². The van der Waals surface area contributed by atoms with Crippen molar-refractivity contribution >= 4 is 33.0 Å². The largest absolute Gasteiger partial charge is 0.308 e. The molecular weight excluding hydrogens is 328 g/mol. The van der Waals surface area contributed by atoms with E-state index in [0.29, 0.717) is 18.0 Å². The normalized spacial score (nSPS) is 12.0. The van der Waals surface area contributed by atoms with E-state index in [4.69, 9.17) is 11.6 Å². The minimum Gasteiger partial charge on any atom is -0.308 e. The van der Waals surface area contributed by atoms with Crippen LogP contribution in [0.4, 0.5) is 0 Å². The summed E-state index contributed by atoms with van der Waals surface area (Å²) in [6, 6.07) is 8.94. The second-order valence-corrected chi connectivity index (χ2v) is 8.28. The van der Waals surface area contributed by atoms with E-state index in [0.717, 1.165) is 15.5 Å². The fourth-order valence-corrected chi connectivity index (χ4v) is 4.02. The lowest BCUT2D eigenvalue weighted by Gasteiger charge is -2.15. The van der Waals surface area contributed by atoms with Gasteiger partial charge in [-0.2, -0.15) is 0 Å². The highest BCUT2D eigenvalue weighted by atomic mass is 35.5. The van der Waals surface area contributed by atoms with Crippen molar-refractivity contribution < 1.29 is 8.42 Å². The van der Waals surface area contributed by atoms with Crippen molar-refractivity contribution in [1.29, 1.82) is 0 Å². The average molecular weight is 345 g/mol. The van der Waals surface area contributed by atoms with Gasteiger partial charge in [0.05, 0.1) is 9.92 Å². The van der Waals surface area contributed by atoms with Crippen molar-refractivity contribution in [3.8, 4) is 0 Å². The molecule has 2 aromatic rings. The second kappa shape index (κ2) is 6.89. The summed E-state index contributed by atoms with van der Waals surface area (Å²) in [5.74, 6) is 0. The lowest BCUT2D eigenvalue weighted by Crippen LogP contribution is -2.24. The van der Waals surface area contributed by atoms with Crippen molar-refractivity contribution in [1.82, 2.24) is 9.62 Å². The number of nitrogens with zero attached hydrogens (tertiary/aromatic N) is 1. The fourth-order valence-electron chi connectivity index (χ4n) is 1.87. The standard InChI is InChI=1S/C14H17ClN2O2S2/c1-17(2)21(18,19)14-6-4-3-5-11(14)8-16-9-13-7-12(15)10-20-13/h3-7,10,16H,8-9H2,1-2H3. The SMILES string of the molecule is CN(C)S(=O)(=O)c1ccccc1CNCc1cc(Cl)cs1. The first kappa shape index (κ1) is 16.5. The van der Waals surface area contributed by atoms with Gasteiger partial charge in [0, 0.05) is 37.4 Å². The van der Waals surface area contributed by atoms with Crippen molar-refractivity contribution in [3.63, 3.8) is 0 Å². The van der Waals surface area contributed by atoms with Crippen molar-refractivity contribution in [2.45, 2.75) is 18.0 Å². The van der Waals surface area contributed by atoms with Crippen LogP contribution in [0.3, 0.4) is 0 Å². The minimum absolute atomic E-state index is 0.340. The third-order valence-corrected chi connectivity index (χ3v) is 6.17. The smallest absolute Gasteiger partial charge is 0.242 e. The summed E-state index contributed by atoms with van der Waals surface area (Å²) in [5.41, 5.74) is 0.758. The Balaban J connectivity index is 2.10. The molecule has 0 unspecified atom stereocenters. The van der Waals surface area contributed by atoms with Crippen molar-refractivity contribution in [2.24, 2.45) is 0 Å². The highest BCUT2D eigenvalue weighted by Gasteiger charge is 2.20. The number of hydrogen-bond donors (Lipinski definition) is 1. The molecule has 1 aromatic carbocycles. The first-order chi connectivity index (χ1) is 9.91. The van der Waals surface area contributed by atoms with Gasteiger partial charge in [0.25, 0.3) is 0 Å². The molecule has 1 N–H and O–H groups in total. The minimum atomic E-state index is -3.42. The summed E-state index contributed by atoms with van der Waals surface area (Å²) in [6.07, 6.45) is 0. The molecule has 0 aliphatic rings. The van der Waals surface area contributed by atoms with E-state index in [-0.39, 0.29) is 0 Å². The third kappa shape index (κ3) is 4.05. The lowest BCUT2D eigenvalue weighted by atomic mass is 10.2.